The number of carbonyl (C=O) groups excluding carboxylic acids is 1. The van der Waals surface area contributed by atoms with E-state index in [1.165, 1.54) is 11.8 Å². The summed E-state index contributed by atoms with van der Waals surface area (Å²) in [6, 6.07) is 0. The number of carboxylic acid groups (broad SMARTS) is 1. The zero-order valence-electron chi connectivity index (χ0n) is 7.43. The summed E-state index contributed by atoms with van der Waals surface area (Å²) in [5, 5.41) is 17.9. The fraction of sp³-hybridized carbons (Fsp3) is 0.750. The second-order valence-electron chi connectivity index (χ2n) is 3.35. The van der Waals surface area contributed by atoms with Crippen molar-refractivity contribution in [2.75, 3.05) is 13.1 Å². The summed E-state index contributed by atoms with van der Waals surface area (Å²) in [6.07, 6.45) is -0.773. The second kappa shape index (κ2) is 3.74. The highest BCUT2D eigenvalue weighted by atomic mass is 16.4. The maximum Gasteiger partial charge on any atom is 0.303 e. The lowest BCUT2D eigenvalue weighted by molar-refractivity contribution is -0.139. The highest BCUT2D eigenvalue weighted by molar-refractivity contribution is 5.74. The summed E-state index contributed by atoms with van der Waals surface area (Å²) in [5.41, 5.74) is 0. The number of carboxylic acids is 1. The fourth-order valence-electron chi connectivity index (χ4n) is 1.54. The van der Waals surface area contributed by atoms with E-state index in [9.17, 15) is 14.7 Å². The molecular weight excluding hydrogens is 174 g/mol. The third-order valence-electron chi connectivity index (χ3n) is 2.29. The number of amides is 1. The van der Waals surface area contributed by atoms with E-state index in [4.69, 9.17) is 5.11 Å². The first-order chi connectivity index (χ1) is 6.00. The number of aliphatic hydroxyl groups is 1. The number of hydrogen-bond donors (Lipinski definition) is 2. The maximum atomic E-state index is 10.9. The zero-order chi connectivity index (χ0) is 10.0. The number of nitrogens with zero attached hydrogens (tertiary/aromatic N) is 1. The van der Waals surface area contributed by atoms with Crippen molar-refractivity contribution >= 4 is 11.9 Å². The van der Waals surface area contributed by atoms with Crippen molar-refractivity contribution in [3.63, 3.8) is 0 Å². The lowest BCUT2D eigenvalue weighted by Crippen LogP contribution is -2.26. The molecule has 0 bridgehead atoms. The Bertz CT molecular complexity index is 228. The predicted molar refractivity (Wildman–Crippen MR) is 44.0 cm³/mol. The summed E-state index contributed by atoms with van der Waals surface area (Å²) >= 11 is 0. The number of aliphatic hydroxyl groups excluding tert-OH is 1. The Balaban J connectivity index is 2.51. The molecule has 0 aliphatic carbocycles. The minimum atomic E-state index is -0.936. The van der Waals surface area contributed by atoms with Gasteiger partial charge in [-0.1, -0.05) is 0 Å². The molecule has 0 radical (unpaired) electrons. The Morgan fingerprint density at radius 1 is 1.46 bits per heavy atom. The van der Waals surface area contributed by atoms with Crippen LogP contribution in [0.4, 0.5) is 0 Å². The highest BCUT2D eigenvalue weighted by Crippen LogP contribution is 2.20. The first-order valence-corrected chi connectivity index (χ1v) is 4.16. The molecular formula is C8H13NO4. The molecule has 13 heavy (non-hydrogen) atoms. The highest BCUT2D eigenvalue weighted by Gasteiger charge is 2.33. The van der Waals surface area contributed by atoms with Gasteiger partial charge in [0.2, 0.25) is 5.91 Å². The molecule has 1 rings (SSSR count). The first kappa shape index (κ1) is 9.98. The van der Waals surface area contributed by atoms with Crippen LogP contribution in [0.15, 0.2) is 0 Å². The van der Waals surface area contributed by atoms with E-state index < -0.39 is 12.1 Å². The fourth-order valence-corrected chi connectivity index (χ4v) is 1.54. The summed E-state index contributed by atoms with van der Waals surface area (Å²) in [7, 11) is 0. The predicted octanol–water partition coefficient (Wildman–Crippen LogP) is -0.700. The van der Waals surface area contributed by atoms with Gasteiger partial charge in [-0.15, -0.1) is 0 Å². The average molecular weight is 187 g/mol. The average Bonchev–Trinajstić information content (AvgIpc) is 2.31. The molecule has 1 amide bonds. The molecule has 2 atom stereocenters. The van der Waals surface area contributed by atoms with Gasteiger partial charge in [0.15, 0.2) is 0 Å². The minimum absolute atomic E-state index is 0.0784. The van der Waals surface area contributed by atoms with Gasteiger partial charge in [-0.3, -0.25) is 9.59 Å². The van der Waals surface area contributed by atoms with Crippen molar-refractivity contribution in [1.29, 1.82) is 0 Å². The van der Waals surface area contributed by atoms with Crippen molar-refractivity contribution in [2.45, 2.75) is 19.4 Å². The van der Waals surface area contributed by atoms with Gasteiger partial charge in [0.05, 0.1) is 12.5 Å². The third-order valence-corrected chi connectivity index (χ3v) is 2.29. The summed E-state index contributed by atoms with van der Waals surface area (Å²) < 4.78 is 0. The lowest BCUT2D eigenvalue weighted by atomic mass is 10.0. The van der Waals surface area contributed by atoms with E-state index in [-0.39, 0.29) is 24.8 Å². The van der Waals surface area contributed by atoms with E-state index >= 15 is 0 Å². The van der Waals surface area contributed by atoms with E-state index in [0.717, 1.165) is 0 Å². The molecule has 0 aromatic rings. The monoisotopic (exact) mass is 187 g/mol. The smallest absolute Gasteiger partial charge is 0.303 e. The van der Waals surface area contributed by atoms with E-state index in [2.05, 4.69) is 0 Å². The molecule has 0 saturated carbocycles. The van der Waals surface area contributed by atoms with E-state index in [0.29, 0.717) is 6.54 Å². The Kier molecular flexibility index (Phi) is 2.87. The lowest BCUT2D eigenvalue weighted by Gasteiger charge is -2.11. The summed E-state index contributed by atoms with van der Waals surface area (Å²) in [6.45, 7) is 2.02. The molecule has 1 aliphatic heterocycles. The number of rotatable bonds is 2. The van der Waals surface area contributed by atoms with Crippen molar-refractivity contribution in [3.05, 3.63) is 0 Å². The van der Waals surface area contributed by atoms with Crippen LogP contribution in [0.25, 0.3) is 0 Å². The van der Waals surface area contributed by atoms with Gasteiger partial charge in [-0.2, -0.15) is 0 Å². The molecule has 5 nitrogen and oxygen atoms in total. The molecule has 0 aromatic carbocycles. The van der Waals surface area contributed by atoms with E-state index in [1.54, 1.807) is 0 Å². The van der Waals surface area contributed by atoms with Crippen LogP contribution in [0.1, 0.15) is 13.3 Å². The Morgan fingerprint density at radius 3 is 2.46 bits per heavy atom. The van der Waals surface area contributed by atoms with Crippen LogP contribution < -0.4 is 0 Å². The molecule has 0 aromatic heterocycles. The van der Waals surface area contributed by atoms with Gasteiger partial charge in [0, 0.05) is 25.9 Å². The Hall–Kier alpha value is -1.10. The number of β-amino-alcohol motifs (C(OH)–C–C–N with tert-alkyl or cyclic N) is 1. The SMILES string of the molecule is CC(=O)N1C[C@H](CC(=O)O)[C@@H](O)C1. The van der Waals surface area contributed by atoms with Gasteiger partial charge in [0.25, 0.3) is 0 Å². The number of carbonyl (C=O) groups is 2. The molecule has 1 saturated heterocycles. The molecule has 5 heteroatoms. The molecule has 74 valence electrons. The Morgan fingerprint density at radius 2 is 2.08 bits per heavy atom. The maximum absolute atomic E-state index is 10.9. The van der Waals surface area contributed by atoms with Crippen LogP contribution in [-0.4, -0.2) is 46.2 Å². The number of likely N-dealkylation sites (tertiary alicyclic amines) is 1. The third kappa shape index (κ3) is 2.42. The molecule has 1 fully saturated rings. The Labute approximate surface area is 76.0 Å². The van der Waals surface area contributed by atoms with Crippen LogP contribution >= 0.6 is 0 Å². The van der Waals surface area contributed by atoms with Crippen molar-refractivity contribution < 1.29 is 19.8 Å². The molecule has 2 N–H and O–H groups in total. The molecule has 1 aliphatic rings. The first-order valence-electron chi connectivity index (χ1n) is 4.16. The zero-order valence-corrected chi connectivity index (χ0v) is 7.43. The minimum Gasteiger partial charge on any atom is -0.481 e. The molecule has 1 heterocycles. The largest absolute Gasteiger partial charge is 0.481 e. The quantitative estimate of drug-likeness (QED) is 0.599. The van der Waals surface area contributed by atoms with E-state index in [1.807, 2.05) is 0 Å². The van der Waals surface area contributed by atoms with Crippen LogP contribution in [0, 0.1) is 5.92 Å². The standard InChI is InChI=1S/C8H13NO4/c1-5(10)9-3-6(2-8(12)13)7(11)4-9/h6-7,11H,2-4H2,1H3,(H,12,13)/t6-,7-/m0/s1. The molecule has 0 spiro atoms. The van der Waals surface area contributed by atoms with Crippen LogP contribution in [0.3, 0.4) is 0 Å². The second-order valence-corrected chi connectivity index (χ2v) is 3.35. The number of aliphatic carboxylic acids is 1. The van der Waals surface area contributed by atoms with Crippen molar-refractivity contribution in [1.82, 2.24) is 4.90 Å². The van der Waals surface area contributed by atoms with Gasteiger partial charge < -0.3 is 15.1 Å². The molecule has 0 unspecified atom stereocenters. The van der Waals surface area contributed by atoms with Gasteiger partial charge >= 0.3 is 5.97 Å². The van der Waals surface area contributed by atoms with Crippen LogP contribution in [0.2, 0.25) is 0 Å². The van der Waals surface area contributed by atoms with Gasteiger partial charge in [0.1, 0.15) is 0 Å². The van der Waals surface area contributed by atoms with Crippen molar-refractivity contribution in [2.24, 2.45) is 5.92 Å². The topological polar surface area (TPSA) is 77.8 Å². The summed E-state index contributed by atoms with van der Waals surface area (Å²) in [5.74, 6) is -1.37. The van der Waals surface area contributed by atoms with Gasteiger partial charge in [-0.05, 0) is 0 Å². The van der Waals surface area contributed by atoms with Gasteiger partial charge in [-0.25, -0.2) is 0 Å². The van der Waals surface area contributed by atoms with Crippen molar-refractivity contribution in [3.8, 4) is 0 Å². The summed E-state index contributed by atoms with van der Waals surface area (Å²) in [4.78, 5) is 22.7. The van der Waals surface area contributed by atoms with Crippen LogP contribution in [-0.2, 0) is 9.59 Å². The number of hydrogen-bond acceptors (Lipinski definition) is 3. The van der Waals surface area contributed by atoms with Crippen LogP contribution in [0.5, 0.6) is 0 Å². The normalized spacial score (nSPS) is 27.7.